The lowest BCUT2D eigenvalue weighted by Crippen LogP contribution is -2.01. The van der Waals surface area contributed by atoms with Gasteiger partial charge < -0.3 is 4.74 Å². The van der Waals surface area contributed by atoms with Crippen molar-refractivity contribution in [1.82, 2.24) is 0 Å². The molecule has 0 atom stereocenters. The molecule has 2 rings (SSSR count). The van der Waals surface area contributed by atoms with Crippen LogP contribution >= 0.6 is 23.2 Å². The van der Waals surface area contributed by atoms with Gasteiger partial charge in [0.05, 0.1) is 5.88 Å². The Balaban J connectivity index is 2.17. The normalized spacial score (nSPS) is 10.5. The molecule has 0 aromatic heterocycles. The standard InChI is InChI=1S/C14H10Cl2F2O/c15-7-11-12(16)2-1-3-14(11)19-8-9-4-5-10(17)6-13(9)18/h1-6H,7-8H2. The summed E-state index contributed by atoms with van der Waals surface area (Å²) in [5.41, 5.74) is 0.912. The van der Waals surface area contributed by atoms with Gasteiger partial charge in [0, 0.05) is 22.2 Å². The Kier molecular flexibility index (Phi) is 4.61. The molecule has 2 aromatic carbocycles. The van der Waals surface area contributed by atoms with Gasteiger partial charge in [0.2, 0.25) is 0 Å². The number of hydrogen-bond acceptors (Lipinski definition) is 1. The Hall–Kier alpha value is -1.32. The van der Waals surface area contributed by atoms with Crippen molar-refractivity contribution in [2.75, 3.05) is 0 Å². The third kappa shape index (κ3) is 3.37. The summed E-state index contributed by atoms with van der Waals surface area (Å²) in [6.07, 6.45) is 0. The molecular weight excluding hydrogens is 293 g/mol. The predicted octanol–water partition coefficient (Wildman–Crippen LogP) is 4.94. The minimum Gasteiger partial charge on any atom is -0.488 e. The molecule has 0 aliphatic heterocycles. The average Bonchev–Trinajstić information content (AvgIpc) is 2.38. The third-order valence-electron chi connectivity index (χ3n) is 2.61. The number of halogens is 4. The van der Waals surface area contributed by atoms with E-state index in [9.17, 15) is 8.78 Å². The van der Waals surface area contributed by atoms with Crippen LogP contribution in [-0.4, -0.2) is 0 Å². The number of ether oxygens (including phenoxy) is 1. The molecule has 2 aromatic rings. The first-order valence-corrected chi connectivity index (χ1v) is 6.43. The van der Waals surface area contributed by atoms with E-state index in [1.807, 2.05) is 0 Å². The van der Waals surface area contributed by atoms with Crippen LogP contribution in [0.4, 0.5) is 8.78 Å². The lowest BCUT2D eigenvalue weighted by molar-refractivity contribution is 0.297. The first-order chi connectivity index (χ1) is 9.11. The Morgan fingerprint density at radius 2 is 1.89 bits per heavy atom. The molecule has 19 heavy (non-hydrogen) atoms. The smallest absolute Gasteiger partial charge is 0.132 e. The molecule has 1 nitrogen and oxygen atoms in total. The maximum Gasteiger partial charge on any atom is 0.132 e. The fourth-order valence-corrected chi connectivity index (χ4v) is 2.17. The highest BCUT2D eigenvalue weighted by molar-refractivity contribution is 6.32. The van der Waals surface area contributed by atoms with Gasteiger partial charge in [0.25, 0.3) is 0 Å². The lowest BCUT2D eigenvalue weighted by Gasteiger charge is -2.11. The van der Waals surface area contributed by atoms with Crippen LogP contribution < -0.4 is 4.74 Å². The van der Waals surface area contributed by atoms with Gasteiger partial charge in [-0.1, -0.05) is 17.7 Å². The van der Waals surface area contributed by atoms with Crippen LogP contribution in [0.1, 0.15) is 11.1 Å². The van der Waals surface area contributed by atoms with Crippen molar-refractivity contribution >= 4 is 23.2 Å². The van der Waals surface area contributed by atoms with E-state index >= 15 is 0 Å². The molecular formula is C14H10Cl2F2O. The highest BCUT2D eigenvalue weighted by atomic mass is 35.5. The zero-order valence-corrected chi connectivity index (χ0v) is 11.3. The van der Waals surface area contributed by atoms with Crippen LogP contribution in [0.15, 0.2) is 36.4 Å². The van der Waals surface area contributed by atoms with Crippen molar-refractivity contribution < 1.29 is 13.5 Å². The van der Waals surface area contributed by atoms with Gasteiger partial charge in [0.15, 0.2) is 0 Å². The van der Waals surface area contributed by atoms with E-state index in [0.29, 0.717) is 16.3 Å². The molecule has 0 unspecified atom stereocenters. The molecule has 0 N–H and O–H groups in total. The number of hydrogen-bond donors (Lipinski definition) is 0. The van der Waals surface area contributed by atoms with Crippen LogP contribution in [-0.2, 0) is 12.5 Å². The lowest BCUT2D eigenvalue weighted by atomic mass is 10.2. The van der Waals surface area contributed by atoms with Crippen molar-refractivity contribution in [2.24, 2.45) is 0 Å². The van der Waals surface area contributed by atoms with Gasteiger partial charge in [-0.2, -0.15) is 0 Å². The van der Waals surface area contributed by atoms with E-state index in [-0.39, 0.29) is 18.1 Å². The summed E-state index contributed by atoms with van der Waals surface area (Å²) in [6, 6.07) is 8.46. The fraction of sp³-hybridized carbons (Fsp3) is 0.143. The van der Waals surface area contributed by atoms with Crippen molar-refractivity contribution in [3.63, 3.8) is 0 Å². The van der Waals surface area contributed by atoms with Crippen molar-refractivity contribution in [2.45, 2.75) is 12.5 Å². The molecule has 0 aliphatic carbocycles. The minimum atomic E-state index is -0.644. The molecule has 0 fully saturated rings. The molecule has 100 valence electrons. The molecule has 0 bridgehead atoms. The minimum absolute atomic E-state index is 0.0175. The number of benzene rings is 2. The summed E-state index contributed by atoms with van der Waals surface area (Å²) >= 11 is 11.8. The van der Waals surface area contributed by atoms with Crippen molar-refractivity contribution in [3.05, 3.63) is 64.2 Å². The van der Waals surface area contributed by atoms with E-state index in [2.05, 4.69) is 0 Å². The van der Waals surface area contributed by atoms with Gasteiger partial charge in [-0.15, -0.1) is 11.6 Å². The van der Waals surface area contributed by atoms with Crippen LogP contribution in [0.25, 0.3) is 0 Å². The second-order valence-electron chi connectivity index (χ2n) is 3.87. The fourth-order valence-electron chi connectivity index (χ4n) is 1.60. The second kappa shape index (κ2) is 6.22. The highest BCUT2D eigenvalue weighted by Crippen LogP contribution is 2.28. The molecule has 0 saturated heterocycles. The van der Waals surface area contributed by atoms with Gasteiger partial charge >= 0.3 is 0 Å². The SMILES string of the molecule is Fc1ccc(COc2cccc(Cl)c2CCl)c(F)c1. The average molecular weight is 303 g/mol. The molecule has 0 heterocycles. The molecule has 0 radical (unpaired) electrons. The van der Waals surface area contributed by atoms with Crippen molar-refractivity contribution in [1.29, 1.82) is 0 Å². The summed E-state index contributed by atoms with van der Waals surface area (Å²) in [6.45, 7) is -0.0175. The highest BCUT2D eigenvalue weighted by Gasteiger charge is 2.09. The maximum absolute atomic E-state index is 13.4. The van der Waals surface area contributed by atoms with E-state index in [1.165, 1.54) is 12.1 Å². The van der Waals surface area contributed by atoms with Gasteiger partial charge in [-0.05, 0) is 24.3 Å². The summed E-state index contributed by atoms with van der Waals surface area (Å²) < 4.78 is 31.7. The van der Waals surface area contributed by atoms with Crippen LogP contribution in [0.2, 0.25) is 5.02 Å². The second-order valence-corrected chi connectivity index (χ2v) is 4.55. The summed E-state index contributed by atoms with van der Waals surface area (Å²) in [4.78, 5) is 0. The first kappa shape index (κ1) is 14.1. The van der Waals surface area contributed by atoms with E-state index in [0.717, 1.165) is 6.07 Å². The summed E-state index contributed by atoms with van der Waals surface area (Å²) in [7, 11) is 0. The van der Waals surface area contributed by atoms with Crippen LogP contribution in [0, 0.1) is 11.6 Å². The zero-order chi connectivity index (χ0) is 13.8. The maximum atomic E-state index is 13.4. The molecule has 0 aliphatic rings. The number of rotatable bonds is 4. The molecule has 0 amide bonds. The zero-order valence-electron chi connectivity index (χ0n) is 9.80. The van der Waals surface area contributed by atoms with Gasteiger partial charge in [0.1, 0.15) is 24.0 Å². The number of alkyl halides is 1. The quantitative estimate of drug-likeness (QED) is 0.727. The van der Waals surface area contributed by atoms with E-state index in [4.69, 9.17) is 27.9 Å². The summed E-state index contributed by atoms with van der Waals surface area (Å²) in [5.74, 6) is -0.577. The Morgan fingerprint density at radius 1 is 1.11 bits per heavy atom. The third-order valence-corrected chi connectivity index (χ3v) is 3.23. The molecule has 5 heteroatoms. The molecule has 0 saturated carbocycles. The topological polar surface area (TPSA) is 9.23 Å². The Labute approximate surface area is 119 Å². The first-order valence-electron chi connectivity index (χ1n) is 5.52. The van der Waals surface area contributed by atoms with Gasteiger partial charge in [-0.3, -0.25) is 0 Å². The Morgan fingerprint density at radius 3 is 2.58 bits per heavy atom. The largest absolute Gasteiger partial charge is 0.488 e. The van der Waals surface area contributed by atoms with E-state index < -0.39 is 11.6 Å². The molecule has 0 spiro atoms. The van der Waals surface area contributed by atoms with Gasteiger partial charge in [-0.25, -0.2) is 8.78 Å². The van der Waals surface area contributed by atoms with Crippen LogP contribution in [0.3, 0.4) is 0 Å². The monoisotopic (exact) mass is 302 g/mol. The summed E-state index contributed by atoms with van der Waals surface area (Å²) in [5, 5.41) is 0.493. The van der Waals surface area contributed by atoms with E-state index in [1.54, 1.807) is 18.2 Å². The van der Waals surface area contributed by atoms with Crippen molar-refractivity contribution in [3.8, 4) is 5.75 Å². The predicted molar refractivity (Wildman–Crippen MR) is 71.7 cm³/mol. The Bertz CT molecular complexity index is 588. The van der Waals surface area contributed by atoms with Crippen LogP contribution in [0.5, 0.6) is 5.75 Å².